The average molecular weight is 435 g/mol. The minimum atomic E-state index is -0.681. The van der Waals surface area contributed by atoms with E-state index in [0.717, 1.165) is 4.90 Å². The first kappa shape index (κ1) is 19.9. The number of hydrogen-bond donors (Lipinski definition) is 1. The van der Waals surface area contributed by atoms with Crippen molar-refractivity contribution >= 4 is 35.6 Å². The number of rotatable bonds is 3. The molecule has 162 valence electrons. The van der Waals surface area contributed by atoms with Gasteiger partial charge in [-0.05, 0) is 36.3 Å². The number of halogens is 1. The summed E-state index contributed by atoms with van der Waals surface area (Å²) in [5.74, 6) is -1.68. The van der Waals surface area contributed by atoms with Crippen LogP contribution in [0.4, 0.5) is 9.18 Å². The number of urea groups is 1. The van der Waals surface area contributed by atoms with Crippen molar-refractivity contribution in [1.82, 2.24) is 15.1 Å². The van der Waals surface area contributed by atoms with Gasteiger partial charge in [0.2, 0.25) is 5.91 Å². The third-order valence-electron chi connectivity index (χ3n) is 5.83. The van der Waals surface area contributed by atoms with Gasteiger partial charge in [-0.25, -0.2) is 14.0 Å². The molecule has 0 spiro atoms. The maximum Gasteiger partial charge on any atom is 0.344 e. The molecule has 32 heavy (non-hydrogen) atoms. The molecular formula is C23H18FN3O5. The van der Waals surface area contributed by atoms with E-state index in [2.05, 4.69) is 5.32 Å². The molecule has 1 atom stereocenters. The molecule has 2 aromatic rings. The van der Waals surface area contributed by atoms with Gasteiger partial charge < -0.3 is 15.0 Å². The van der Waals surface area contributed by atoms with Crippen LogP contribution in [0.3, 0.4) is 0 Å². The Labute approximate surface area is 182 Å². The van der Waals surface area contributed by atoms with Crippen LogP contribution in [0.2, 0.25) is 0 Å². The molecule has 3 heterocycles. The summed E-state index contributed by atoms with van der Waals surface area (Å²) < 4.78 is 19.8. The summed E-state index contributed by atoms with van der Waals surface area (Å²) in [6, 6.07) is 10.1. The molecule has 1 N–H and O–H groups in total. The zero-order chi connectivity index (χ0) is 22.4. The van der Waals surface area contributed by atoms with Gasteiger partial charge in [0.15, 0.2) is 0 Å². The zero-order valence-corrected chi connectivity index (χ0v) is 16.8. The smallest absolute Gasteiger partial charge is 0.344 e. The largest absolute Gasteiger partial charge is 0.422 e. The monoisotopic (exact) mass is 435 g/mol. The summed E-state index contributed by atoms with van der Waals surface area (Å²) in [7, 11) is 0. The van der Waals surface area contributed by atoms with Gasteiger partial charge in [0.25, 0.3) is 5.91 Å². The second-order valence-electron chi connectivity index (χ2n) is 7.80. The number of imide groups is 1. The number of nitrogens with zero attached hydrogens (tertiary/aromatic N) is 2. The second kappa shape index (κ2) is 7.60. The maximum atomic E-state index is 14.5. The van der Waals surface area contributed by atoms with Crippen molar-refractivity contribution in [1.29, 1.82) is 0 Å². The van der Waals surface area contributed by atoms with Gasteiger partial charge in [-0.15, -0.1) is 0 Å². The molecule has 3 aliphatic heterocycles. The highest BCUT2D eigenvalue weighted by Crippen LogP contribution is 2.31. The molecule has 9 heteroatoms. The van der Waals surface area contributed by atoms with E-state index in [0.29, 0.717) is 35.4 Å². The number of carbonyl (C=O) groups is 4. The summed E-state index contributed by atoms with van der Waals surface area (Å²) in [6.45, 7) is 0.395. The third-order valence-corrected chi connectivity index (χ3v) is 5.83. The first-order valence-electron chi connectivity index (χ1n) is 10.1. The van der Waals surface area contributed by atoms with Gasteiger partial charge in [0.05, 0.1) is 23.7 Å². The first-order chi connectivity index (χ1) is 15.4. The highest BCUT2D eigenvalue weighted by atomic mass is 19.1. The Bertz CT molecular complexity index is 1190. The molecule has 2 fully saturated rings. The third kappa shape index (κ3) is 3.31. The molecule has 5 rings (SSSR count). The summed E-state index contributed by atoms with van der Waals surface area (Å²) in [5.41, 5.74) is 1.44. The summed E-state index contributed by atoms with van der Waals surface area (Å²) in [5, 5.41) is 2.46. The highest BCUT2D eigenvalue weighted by molar-refractivity contribution is 6.06. The molecule has 0 radical (unpaired) electrons. The molecule has 2 saturated heterocycles. The number of esters is 1. The fourth-order valence-electron chi connectivity index (χ4n) is 4.25. The predicted octanol–water partition coefficient (Wildman–Crippen LogP) is 2.26. The van der Waals surface area contributed by atoms with Gasteiger partial charge in [0.1, 0.15) is 11.6 Å². The Morgan fingerprint density at radius 1 is 1.12 bits per heavy atom. The lowest BCUT2D eigenvalue weighted by molar-refractivity contribution is -0.126. The lowest BCUT2D eigenvalue weighted by atomic mass is 10.0. The van der Waals surface area contributed by atoms with Gasteiger partial charge in [-0.2, -0.15) is 0 Å². The van der Waals surface area contributed by atoms with Crippen molar-refractivity contribution in [3.8, 4) is 0 Å². The molecule has 0 aromatic heterocycles. The van der Waals surface area contributed by atoms with E-state index in [-0.39, 0.29) is 24.6 Å². The molecule has 0 unspecified atom stereocenters. The maximum absolute atomic E-state index is 14.5. The molecule has 3 aliphatic rings. The Hall–Kier alpha value is -4.01. The quantitative estimate of drug-likeness (QED) is 0.590. The minimum absolute atomic E-state index is 0.0533. The first-order valence-corrected chi connectivity index (χ1v) is 10.1. The number of benzene rings is 2. The molecular weight excluding hydrogens is 417 g/mol. The summed E-state index contributed by atoms with van der Waals surface area (Å²) in [6.07, 6.45) is 2.02. The number of carbonyl (C=O) groups excluding carboxylic acids is 4. The SMILES string of the molecule is O=C1OC(=Cc2ccc(F)c(C(=O)N3CC[C@@H](N4C(=O)CNC4=O)C3)c2)c2ccccc21. The van der Waals surface area contributed by atoms with E-state index >= 15 is 0 Å². The van der Waals surface area contributed by atoms with Gasteiger partial charge >= 0.3 is 12.0 Å². The number of likely N-dealkylation sites (tertiary alicyclic amines) is 1. The second-order valence-corrected chi connectivity index (χ2v) is 7.80. The molecule has 0 bridgehead atoms. The van der Waals surface area contributed by atoms with E-state index in [9.17, 15) is 23.6 Å². The predicted molar refractivity (Wildman–Crippen MR) is 111 cm³/mol. The standard InChI is InChI=1S/C23H18FN3O5/c24-18-6-5-13(10-19-15-3-1-2-4-16(15)22(30)32-19)9-17(18)21(29)26-8-7-14(12-26)27-20(28)11-25-23(27)31/h1-6,9-10,14H,7-8,11-12H2,(H,25,31)/t14-/m1/s1. The van der Waals surface area contributed by atoms with Gasteiger partial charge in [-0.3, -0.25) is 14.5 Å². The normalized spacial score (nSPS) is 21.2. The Morgan fingerprint density at radius 2 is 1.91 bits per heavy atom. The van der Waals surface area contributed by atoms with Crippen LogP contribution in [0, 0.1) is 5.82 Å². The molecule has 0 saturated carbocycles. The Balaban J connectivity index is 1.38. The Morgan fingerprint density at radius 3 is 2.66 bits per heavy atom. The van der Waals surface area contributed by atoms with Crippen molar-refractivity contribution in [2.24, 2.45) is 0 Å². The summed E-state index contributed by atoms with van der Waals surface area (Å²) >= 11 is 0. The number of hydrogen-bond acceptors (Lipinski definition) is 5. The van der Waals surface area contributed by atoms with E-state index in [4.69, 9.17) is 4.74 Å². The van der Waals surface area contributed by atoms with E-state index < -0.39 is 29.8 Å². The van der Waals surface area contributed by atoms with Gasteiger partial charge in [-0.1, -0.05) is 24.3 Å². The fraction of sp³-hybridized carbons (Fsp3) is 0.217. The van der Waals surface area contributed by atoms with Crippen LogP contribution in [0.25, 0.3) is 11.8 Å². The van der Waals surface area contributed by atoms with Crippen LogP contribution in [0.5, 0.6) is 0 Å². The van der Waals surface area contributed by atoms with Crippen LogP contribution in [0.1, 0.15) is 38.3 Å². The van der Waals surface area contributed by atoms with Crippen molar-refractivity contribution in [2.75, 3.05) is 19.6 Å². The topological polar surface area (TPSA) is 96.0 Å². The van der Waals surface area contributed by atoms with E-state index in [1.54, 1.807) is 30.3 Å². The molecule has 0 aliphatic carbocycles. The average Bonchev–Trinajstić information content (AvgIpc) is 3.47. The number of cyclic esters (lactones) is 1. The highest BCUT2D eigenvalue weighted by Gasteiger charge is 2.40. The fourth-order valence-corrected chi connectivity index (χ4v) is 4.25. The number of amides is 4. The van der Waals surface area contributed by atoms with Crippen molar-refractivity contribution < 1.29 is 28.3 Å². The van der Waals surface area contributed by atoms with E-state index in [1.165, 1.54) is 23.1 Å². The van der Waals surface area contributed by atoms with Gasteiger partial charge in [0, 0.05) is 18.7 Å². The van der Waals surface area contributed by atoms with Crippen molar-refractivity contribution in [2.45, 2.75) is 12.5 Å². The molecule has 8 nitrogen and oxygen atoms in total. The number of fused-ring (bicyclic) bond motifs is 1. The lowest BCUT2D eigenvalue weighted by Crippen LogP contribution is -2.43. The van der Waals surface area contributed by atoms with Crippen LogP contribution < -0.4 is 5.32 Å². The zero-order valence-electron chi connectivity index (χ0n) is 16.8. The van der Waals surface area contributed by atoms with Crippen LogP contribution in [0.15, 0.2) is 42.5 Å². The van der Waals surface area contributed by atoms with Crippen LogP contribution >= 0.6 is 0 Å². The lowest BCUT2D eigenvalue weighted by Gasteiger charge is -2.21. The van der Waals surface area contributed by atoms with Crippen molar-refractivity contribution in [3.63, 3.8) is 0 Å². The number of ether oxygens (including phenoxy) is 1. The molecule has 4 amide bonds. The number of nitrogens with one attached hydrogen (secondary N) is 1. The van der Waals surface area contributed by atoms with Crippen LogP contribution in [-0.4, -0.2) is 59.3 Å². The minimum Gasteiger partial charge on any atom is -0.422 e. The van der Waals surface area contributed by atoms with E-state index in [1.807, 2.05) is 0 Å². The molecule has 2 aromatic carbocycles. The van der Waals surface area contributed by atoms with Crippen molar-refractivity contribution in [3.05, 3.63) is 70.5 Å². The van der Waals surface area contributed by atoms with Crippen LogP contribution in [-0.2, 0) is 9.53 Å². The Kier molecular flexibility index (Phi) is 4.73. The summed E-state index contributed by atoms with van der Waals surface area (Å²) in [4.78, 5) is 51.4.